The lowest BCUT2D eigenvalue weighted by atomic mass is 10.1. The second kappa shape index (κ2) is 10.6. The molecule has 1 aromatic carbocycles. The lowest BCUT2D eigenvalue weighted by molar-refractivity contribution is -0.136. The number of hydrogen-bond acceptors (Lipinski definition) is 4. The summed E-state index contributed by atoms with van der Waals surface area (Å²) < 4.78 is 16.6. The molecule has 174 valence electrons. The van der Waals surface area contributed by atoms with E-state index in [1.165, 1.54) is 0 Å². The van der Waals surface area contributed by atoms with E-state index >= 15 is 0 Å². The van der Waals surface area contributed by atoms with Crippen LogP contribution >= 0.6 is 0 Å². The Kier molecular flexibility index (Phi) is 7.39. The Morgan fingerprint density at radius 3 is 2.45 bits per heavy atom. The molecule has 1 aliphatic rings. The first-order valence-electron chi connectivity index (χ1n) is 11.2. The first-order valence-corrected chi connectivity index (χ1v) is 12.7. The Morgan fingerprint density at radius 1 is 1.06 bits per heavy atom. The molecule has 2 aromatic heterocycles. The van der Waals surface area contributed by atoms with E-state index < -0.39 is 16.8 Å². The monoisotopic (exact) mass is 467 g/mol. The Morgan fingerprint density at radius 2 is 1.76 bits per heavy atom. The third-order valence-corrected chi connectivity index (χ3v) is 6.91. The van der Waals surface area contributed by atoms with E-state index in [1.807, 2.05) is 59.4 Å². The highest BCUT2D eigenvalue weighted by atomic mass is 32.2. The van der Waals surface area contributed by atoms with Gasteiger partial charge in [0.25, 0.3) is 0 Å². The maximum atomic E-state index is 12.9. The molecule has 0 aliphatic carbocycles. The fourth-order valence-corrected chi connectivity index (χ4v) is 5.12. The minimum absolute atomic E-state index is 0.0761. The number of rotatable bonds is 8. The van der Waals surface area contributed by atoms with Crippen LogP contribution in [0.25, 0.3) is 11.5 Å². The summed E-state index contributed by atoms with van der Waals surface area (Å²) in [7, 11) is -1.45. The van der Waals surface area contributed by atoms with Crippen molar-refractivity contribution in [1.29, 1.82) is 0 Å². The van der Waals surface area contributed by atoms with Crippen LogP contribution in [0.15, 0.2) is 61.1 Å². The molecule has 8 nitrogen and oxygen atoms in total. The number of carbonyl (C=O) groups excluding carboxylic acids is 2. The van der Waals surface area contributed by atoms with Gasteiger partial charge in [0.2, 0.25) is 11.8 Å². The maximum Gasteiger partial charge on any atom is 0.244 e. The van der Waals surface area contributed by atoms with Crippen LogP contribution in [0.5, 0.6) is 0 Å². The summed E-state index contributed by atoms with van der Waals surface area (Å²) in [5.41, 5.74) is 1.67. The van der Waals surface area contributed by atoms with Gasteiger partial charge in [0.05, 0.1) is 17.6 Å². The second-order valence-electron chi connectivity index (χ2n) is 8.23. The highest BCUT2D eigenvalue weighted by Crippen LogP contribution is 2.21. The molecule has 3 aromatic rings. The predicted octanol–water partition coefficient (Wildman–Crippen LogP) is 2.43. The van der Waals surface area contributed by atoms with Crippen molar-refractivity contribution in [1.82, 2.24) is 24.6 Å². The number of likely N-dealkylation sites (tertiary alicyclic amines) is 1. The summed E-state index contributed by atoms with van der Waals surface area (Å²) in [6, 6.07) is 12.9. The predicted molar refractivity (Wildman–Crippen MR) is 128 cm³/mol. The molecule has 2 atom stereocenters. The number of nitrogens with zero attached hydrogens (tertiary/aromatic N) is 4. The number of nitrogens with one attached hydrogen (secondary N) is 1. The minimum atomic E-state index is -1.45. The Hall–Kier alpha value is -3.20. The number of carbonyl (C=O) groups is 2. The summed E-state index contributed by atoms with van der Waals surface area (Å²) in [4.78, 5) is 26.8. The zero-order valence-corrected chi connectivity index (χ0v) is 19.5. The molecule has 0 unspecified atom stereocenters. The Balaban J connectivity index is 1.42. The van der Waals surface area contributed by atoms with Crippen molar-refractivity contribution in [3.05, 3.63) is 66.6 Å². The molecule has 9 heteroatoms. The highest BCUT2D eigenvalue weighted by molar-refractivity contribution is 7.84. The number of piperidine rings is 1. The lowest BCUT2D eigenvalue weighted by Gasteiger charge is -2.29. The summed E-state index contributed by atoms with van der Waals surface area (Å²) in [6.45, 7) is 3.16. The molecule has 0 saturated carbocycles. The van der Waals surface area contributed by atoms with Gasteiger partial charge >= 0.3 is 0 Å². The fourth-order valence-electron chi connectivity index (χ4n) is 4.09. The van der Waals surface area contributed by atoms with E-state index in [4.69, 9.17) is 0 Å². The molecule has 1 saturated heterocycles. The topological polar surface area (TPSA) is 89.2 Å². The maximum absolute atomic E-state index is 12.9. The molecule has 4 rings (SSSR count). The van der Waals surface area contributed by atoms with Gasteiger partial charge in [-0.2, -0.15) is 5.10 Å². The molecule has 1 aliphatic heterocycles. The van der Waals surface area contributed by atoms with E-state index in [1.54, 1.807) is 22.7 Å². The largest absolute Gasteiger partial charge is 0.344 e. The van der Waals surface area contributed by atoms with Gasteiger partial charge in [-0.15, -0.1) is 0 Å². The van der Waals surface area contributed by atoms with Crippen molar-refractivity contribution in [2.24, 2.45) is 0 Å². The summed E-state index contributed by atoms with van der Waals surface area (Å²) in [5.74, 6) is 0.340. The summed E-state index contributed by atoms with van der Waals surface area (Å²) in [5, 5.41) is 7.23. The molecule has 0 spiro atoms. The quantitative estimate of drug-likeness (QED) is 0.551. The lowest BCUT2D eigenvalue weighted by Crippen LogP contribution is -2.49. The summed E-state index contributed by atoms with van der Waals surface area (Å²) >= 11 is 0. The van der Waals surface area contributed by atoms with Crippen LogP contribution in [-0.2, 0) is 26.1 Å². The molecular formula is C24H29N5O3S. The van der Waals surface area contributed by atoms with Crippen molar-refractivity contribution < 1.29 is 13.8 Å². The number of amides is 2. The van der Waals surface area contributed by atoms with Crippen molar-refractivity contribution in [2.45, 2.75) is 38.0 Å². The summed E-state index contributed by atoms with van der Waals surface area (Å²) in [6.07, 6.45) is 8.64. The average Bonchev–Trinajstić information content (AvgIpc) is 3.49. The van der Waals surface area contributed by atoms with Gasteiger partial charge in [0.1, 0.15) is 17.6 Å². The number of para-hydroxylation sites is 1. The molecule has 1 fully saturated rings. The van der Waals surface area contributed by atoms with Gasteiger partial charge in [-0.3, -0.25) is 13.8 Å². The van der Waals surface area contributed by atoms with Crippen LogP contribution in [0.2, 0.25) is 0 Å². The molecule has 1 N–H and O–H groups in total. The van der Waals surface area contributed by atoms with Crippen LogP contribution in [0, 0.1) is 0 Å². The van der Waals surface area contributed by atoms with E-state index in [2.05, 4.69) is 10.4 Å². The Bertz CT molecular complexity index is 1100. The third-order valence-electron chi connectivity index (χ3n) is 5.69. The van der Waals surface area contributed by atoms with Crippen molar-refractivity contribution in [2.75, 3.05) is 18.8 Å². The van der Waals surface area contributed by atoms with Crippen molar-refractivity contribution in [3.63, 3.8) is 0 Å². The van der Waals surface area contributed by atoms with Crippen LogP contribution in [-0.4, -0.2) is 60.2 Å². The Labute approximate surface area is 196 Å². The van der Waals surface area contributed by atoms with Gasteiger partial charge < -0.3 is 14.8 Å². The standard InChI is InChI=1S/C24H29N5O3S/c1-19(24(31)28-14-6-3-7-15-28)26-22(30)18-33(32)17-20-16-25-29(21-10-4-2-5-11-21)23(20)27-12-8-9-13-27/h2,4-5,8-13,16,19H,3,6-7,14-15,17-18H2,1H3,(H,26,30)/t19-,33-/m1/s1. The zero-order valence-electron chi connectivity index (χ0n) is 18.7. The van der Waals surface area contributed by atoms with Gasteiger partial charge in [0, 0.05) is 41.8 Å². The molecule has 0 bridgehead atoms. The highest BCUT2D eigenvalue weighted by Gasteiger charge is 2.24. The zero-order chi connectivity index (χ0) is 23.2. The van der Waals surface area contributed by atoms with Crippen molar-refractivity contribution >= 4 is 22.6 Å². The van der Waals surface area contributed by atoms with Gasteiger partial charge in [-0.1, -0.05) is 18.2 Å². The normalized spacial score (nSPS) is 15.7. The number of hydrogen-bond donors (Lipinski definition) is 1. The third kappa shape index (κ3) is 5.60. The molecule has 2 amide bonds. The van der Waals surface area contributed by atoms with Gasteiger partial charge in [-0.25, -0.2) is 4.68 Å². The first-order chi connectivity index (χ1) is 16.0. The van der Waals surface area contributed by atoms with E-state index in [0.29, 0.717) is 0 Å². The SMILES string of the molecule is C[C@@H](NC(=O)C[S@](=O)Cc1cnn(-c2ccccc2)c1-n1cccc1)C(=O)N1CCCCC1. The van der Waals surface area contributed by atoms with E-state index in [9.17, 15) is 13.8 Å². The average molecular weight is 468 g/mol. The number of benzene rings is 1. The van der Waals surface area contributed by atoms with Crippen LogP contribution in [0.3, 0.4) is 0 Å². The van der Waals surface area contributed by atoms with E-state index in [-0.39, 0.29) is 23.3 Å². The molecule has 33 heavy (non-hydrogen) atoms. The van der Waals surface area contributed by atoms with Gasteiger partial charge in [0.15, 0.2) is 0 Å². The number of aromatic nitrogens is 3. The van der Waals surface area contributed by atoms with Crippen LogP contribution in [0.4, 0.5) is 0 Å². The minimum Gasteiger partial charge on any atom is -0.344 e. The van der Waals surface area contributed by atoms with Gasteiger partial charge in [-0.05, 0) is 50.5 Å². The molecular weight excluding hydrogens is 438 g/mol. The molecule has 3 heterocycles. The van der Waals surface area contributed by atoms with E-state index in [0.717, 1.165) is 49.4 Å². The fraction of sp³-hybridized carbons (Fsp3) is 0.375. The van der Waals surface area contributed by atoms with Crippen molar-refractivity contribution in [3.8, 4) is 11.5 Å². The smallest absolute Gasteiger partial charge is 0.244 e. The van der Waals surface area contributed by atoms with Crippen LogP contribution < -0.4 is 5.32 Å². The second-order valence-corrected chi connectivity index (χ2v) is 9.69. The van der Waals surface area contributed by atoms with Crippen LogP contribution in [0.1, 0.15) is 31.7 Å². The first kappa shape index (κ1) is 23.0. The molecule has 0 radical (unpaired) electrons.